The number of fused-ring (bicyclic) bond motifs is 2. The predicted molar refractivity (Wildman–Crippen MR) is 119 cm³/mol. The minimum atomic E-state index is -0.347. The second-order valence-electron chi connectivity index (χ2n) is 8.33. The average Bonchev–Trinajstić information content (AvgIpc) is 2.72. The van der Waals surface area contributed by atoms with Crippen LogP contribution in [0.4, 0.5) is 17.1 Å². The monoisotopic (exact) mass is 440 g/mol. The van der Waals surface area contributed by atoms with Gasteiger partial charge in [-0.2, -0.15) is 0 Å². The summed E-state index contributed by atoms with van der Waals surface area (Å²) in [6, 6.07) is 16.1. The van der Waals surface area contributed by atoms with Crippen LogP contribution in [0.15, 0.2) is 59.5 Å². The second kappa shape index (κ2) is 8.81. The van der Waals surface area contributed by atoms with Crippen LogP contribution in [0.25, 0.3) is 0 Å². The van der Waals surface area contributed by atoms with Crippen LogP contribution in [-0.4, -0.2) is 16.1 Å². The SMILES string of the molecule is CC(C)(C)c1cccc(Nc2cc(S[O-])c(N)c3c2C(=O)c2ccccc2C3=O)c1.[Na+]. The second-order valence-corrected chi connectivity index (χ2v) is 8.94. The molecule has 0 aliphatic heterocycles. The normalized spacial score (nSPS) is 12.6. The van der Waals surface area contributed by atoms with Crippen LogP contribution in [-0.2, 0) is 5.41 Å². The number of carbonyl (C=O) groups is 2. The van der Waals surface area contributed by atoms with Gasteiger partial charge in [-0.3, -0.25) is 9.59 Å². The maximum Gasteiger partial charge on any atom is 1.00 e. The summed E-state index contributed by atoms with van der Waals surface area (Å²) in [5.41, 5.74) is 9.34. The molecule has 7 heteroatoms. The molecule has 0 amide bonds. The number of benzene rings is 3. The Hall–Kier alpha value is -2.09. The Labute approximate surface area is 207 Å². The molecule has 5 nitrogen and oxygen atoms in total. The molecule has 0 spiro atoms. The zero-order valence-electron chi connectivity index (χ0n) is 17.9. The van der Waals surface area contributed by atoms with E-state index < -0.39 is 0 Å². The minimum absolute atomic E-state index is 0. The summed E-state index contributed by atoms with van der Waals surface area (Å²) in [6.45, 7) is 6.34. The number of nitrogens with one attached hydrogen (secondary N) is 1. The number of nitrogen functional groups attached to an aromatic ring is 1. The van der Waals surface area contributed by atoms with Crippen molar-refractivity contribution in [3.8, 4) is 0 Å². The number of nitrogens with two attached hydrogens (primary N) is 1. The number of anilines is 3. The number of hydrogen-bond donors (Lipinski definition) is 2. The van der Waals surface area contributed by atoms with Crippen LogP contribution < -0.4 is 40.6 Å². The predicted octanol–water partition coefficient (Wildman–Crippen LogP) is 2.31. The molecule has 152 valence electrons. The molecule has 0 unspecified atom stereocenters. The first-order chi connectivity index (χ1) is 14.2. The molecule has 1 aliphatic carbocycles. The van der Waals surface area contributed by atoms with Crippen molar-refractivity contribution in [2.24, 2.45) is 0 Å². The number of rotatable bonds is 3. The van der Waals surface area contributed by atoms with Gasteiger partial charge in [-0.1, -0.05) is 57.2 Å². The smallest absolute Gasteiger partial charge is 0.795 e. The van der Waals surface area contributed by atoms with Gasteiger partial charge in [0.2, 0.25) is 0 Å². The van der Waals surface area contributed by atoms with Crippen LogP contribution >= 0.6 is 12.0 Å². The molecule has 0 aromatic heterocycles. The maximum atomic E-state index is 13.3. The van der Waals surface area contributed by atoms with E-state index >= 15 is 0 Å². The van der Waals surface area contributed by atoms with Gasteiger partial charge in [-0.25, -0.2) is 12.0 Å². The van der Waals surface area contributed by atoms with Crippen molar-refractivity contribution in [3.63, 3.8) is 0 Å². The molecule has 1 aliphatic rings. The van der Waals surface area contributed by atoms with Gasteiger partial charge in [0, 0.05) is 21.7 Å². The van der Waals surface area contributed by atoms with Crippen molar-refractivity contribution in [2.45, 2.75) is 31.1 Å². The summed E-state index contributed by atoms with van der Waals surface area (Å²) in [5.74, 6) is -0.635. The van der Waals surface area contributed by atoms with E-state index in [1.165, 1.54) is 0 Å². The van der Waals surface area contributed by atoms with Crippen LogP contribution in [0, 0.1) is 0 Å². The Morgan fingerprint density at radius 2 is 1.52 bits per heavy atom. The van der Waals surface area contributed by atoms with Crippen molar-refractivity contribution in [1.82, 2.24) is 0 Å². The van der Waals surface area contributed by atoms with Gasteiger partial charge in [0.1, 0.15) is 0 Å². The van der Waals surface area contributed by atoms with E-state index in [0.717, 1.165) is 11.3 Å². The van der Waals surface area contributed by atoms with E-state index in [9.17, 15) is 14.1 Å². The van der Waals surface area contributed by atoms with E-state index in [1.54, 1.807) is 30.3 Å². The Morgan fingerprint density at radius 1 is 0.903 bits per heavy atom. The third-order valence-electron chi connectivity index (χ3n) is 5.30. The summed E-state index contributed by atoms with van der Waals surface area (Å²) in [7, 11) is 0. The molecule has 4 rings (SSSR count). The van der Waals surface area contributed by atoms with Gasteiger partial charge >= 0.3 is 29.6 Å². The quantitative estimate of drug-likeness (QED) is 0.288. The van der Waals surface area contributed by atoms with E-state index in [4.69, 9.17) is 5.73 Å². The Morgan fingerprint density at radius 3 is 2.10 bits per heavy atom. The topological polar surface area (TPSA) is 95.2 Å². The van der Waals surface area contributed by atoms with Crippen molar-refractivity contribution < 1.29 is 43.7 Å². The van der Waals surface area contributed by atoms with Gasteiger partial charge in [0.05, 0.1) is 22.5 Å². The molecule has 0 fully saturated rings. The third-order valence-corrected chi connectivity index (χ3v) is 5.81. The van der Waals surface area contributed by atoms with Crippen LogP contribution in [0.5, 0.6) is 0 Å². The largest absolute Gasteiger partial charge is 1.00 e. The fraction of sp³-hybridized carbons (Fsp3) is 0.167. The summed E-state index contributed by atoms with van der Waals surface area (Å²) >= 11 is 0.206. The molecule has 3 aromatic carbocycles. The van der Waals surface area contributed by atoms with Crippen LogP contribution in [0.3, 0.4) is 0 Å². The first kappa shape index (κ1) is 23.6. The fourth-order valence-electron chi connectivity index (χ4n) is 3.68. The van der Waals surface area contributed by atoms with Gasteiger partial charge < -0.3 is 15.6 Å². The molecular weight excluding hydrogens is 419 g/mol. The Bertz CT molecular complexity index is 1200. The van der Waals surface area contributed by atoms with E-state index in [-0.39, 0.29) is 80.3 Å². The van der Waals surface area contributed by atoms with Gasteiger partial charge in [0.15, 0.2) is 11.6 Å². The molecule has 0 atom stereocenters. The zero-order valence-corrected chi connectivity index (χ0v) is 20.7. The first-order valence-electron chi connectivity index (χ1n) is 9.54. The van der Waals surface area contributed by atoms with Gasteiger partial charge in [-0.15, -0.1) is 0 Å². The number of carbonyl (C=O) groups excluding carboxylic acids is 2. The van der Waals surface area contributed by atoms with Crippen molar-refractivity contribution >= 4 is 40.7 Å². The molecule has 0 saturated carbocycles. The molecule has 0 heterocycles. The minimum Gasteiger partial charge on any atom is -0.795 e. The first-order valence-corrected chi connectivity index (χ1v) is 10.3. The maximum absolute atomic E-state index is 13.3. The van der Waals surface area contributed by atoms with Crippen molar-refractivity contribution in [1.29, 1.82) is 0 Å². The van der Waals surface area contributed by atoms with E-state index in [2.05, 4.69) is 26.1 Å². The molecule has 3 N–H and O–H groups in total. The van der Waals surface area contributed by atoms with Crippen LogP contribution in [0.1, 0.15) is 58.2 Å². The number of ketones is 2. The summed E-state index contributed by atoms with van der Waals surface area (Å²) in [5, 5.41) is 3.25. The van der Waals surface area contributed by atoms with Crippen molar-refractivity contribution in [2.75, 3.05) is 11.1 Å². The molecule has 0 bridgehead atoms. The fourth-order valence-corrected chi connectivity index (χ4v) is 4.04. The van der Waals surface area contributed by atoms with Gasteiger partial charge in [0.25, 0.3) is 0 Å². The summed E-state index contributed by atoms with van der Waals surface area (Å²) in [6.07, 6.45) is 0. The Kier molecular flexibility index (Phi) is 6.69. The van der Waals surface area contributed by atoms with Crippen LogP contribution in [0.2, 0.25) is 0 Å². The molecule has 0 radical (unpaired) electrons. The average molecular weight is 441 g/mol. The van der Waals surface area contributed by atoms with Gasteiger partial charge in [-0.05, 0) is 29.2 Å². The molecule has 3 aromatic rings. The van der Waals surface area contributed by atoms with E-state index in [1.807, 2.05) is 24.3 Å². The molecule has 31 heavy (non-hydrogen) atoms. The summed E-state index contributed by atoms with van der Waals surface area (Å²) in [4.78, 5) is 26.7. The summed E-state index contributed by atoms with van der Waals surface area (Å²) < 4.78 is 11.7. The molecule has 0 saturated heterocycles. The zero-order chi connectivity index (χ0) is 21.6. The molecular formula is C24H21N2NaO3S. The van der Waals surface area contributed by atoms with Crippen molar-refractivity contribution in [3.05, 3.63) is 82.4 Å². The Balaban J connectivity index is 0.00000272. The number of hydrogen-bond acceptors (Lipinski definition) is 6. The van der Waals surface area contributed by atoms with E-state index in [0.29, 0.717) is 16.8 Å². The standard InChI is InChI=1S/C24H22N2O3S.Na/c1-24(2,3)13-7-6-8-14(11-13)26-17-12-18(30-29)21(25)20-19(17)22(27)15-9-4-5-10-16(15)23(20)28;/h4-12,26,29H,25H2,1-3H3;/q;+1/p-1. The third kappa shape index (κ3) is 4.19.